The van der Waals surface area contributed by atoms with E-state index in [-0.39, 0.29) is 24.0 Å². The van der Waals surface area contributed by atoms with Crippen LogP contribution in [-0.2, 0) is 19.4 Å². The number of benzene rings is 1. The monoisotopic (exact) mass is 508 g/mol. The number of nitrogens with one attached hydrogen (secondary N) is 2. The smallest absolute Gasteiger partial charge is 0.191 e. The van der Waals surface area contributed by atoms with E-state index >= 15 is 0 Å². The molecule has 2 aliphatic rings. The Morgan fingerprint density at radius 3 is 2.69 bits per heavy atom. The molecule has 29 heavy (non-hydrogen) atoms. The molecule has 1 atom stereocenters. The maximum absolute atomic E-state index is 4.68. The van der Waals surface area contributed by atoms with Crippen molar-refractivity contribution >= 4 is 29.9 Å². The first kappa shape index (κ1) is 22.1. The van der Waals surface area contributed by atoms with Crippen LogP contribution in [0.4, 0.5) is 0 Å². The van der Waals surface area contributed by atoms with Crippen LogP contribution in [0.5, 0.6) is 0 Å². The number of rotatable bonds is 6. The maximum Gasteiger partial charge on any atom is 0.191 e. The zero-order chi connectivity index (χ0) is 19.6. The lowest BCUT2D eigenvalue weighted by molar-refractivity contribution is 0.389. The zero-order valence-electron chi connectivity index (χ0n) is 17.7. The molecule has 0 bridgehead atoms. The highest BCUT2D eigenvalue weighted by molar-refractivity contribution is 14.0. The van der Waals surface area contributed by atoms with E-state index in [0.29, 0.717) is 17.4 Å². The van der Waals surface area contributed by atoms with Gasteiger partial charge in [0.1, 0.15) is 5.82 Å². The number of halogens is 1. The number of aryl methyl sites for hydroxylation is 1. The van der Waals surface area contributed by atoms with Gasteiger partial charge in [0.05, 0.1) is 6.54 Å². The van der Waals surface area contributed by atoms with Crippen molar-refractivity contribution in [2.45, 2.75) is 64.5 Å². The van der Waals surface area contributed by atoms with E-state index in [9.17, 15) is 0 Å². The number of guanidine groups is 1. The van der Waals surface area contributed by atoms with Gasteiger partial charge in [0.2, 0.25) is 0 Å². The molecule has 7 heteroatoms. The van der Waals surface area contributed by atoms with Crippen molar-refractivity contribution in [3.63, 3.8) is 0 Å². The molecule has 2 heterocycles. The van der Waals surface area contributed by atoms with E-state index in [1.54, 1.807) is 0 Å². The number of fused-ring (bicyclic) bond motifs is 1. The Balaban J connectivity index is 0.00000240. The number of aromatic nitrogens is 3. The van der Waals surface area contributed by atoms with E-state index < -0.39 is 0 Å². The molecule has 0 saturated heterocycles. The van der Waals surface area contributed by atoms with Crippen LogP contribution in [0, 0.1) is 5.41 Å². The van der Waals surface area contributed by atoms with Crippen molar-refractivity contribution < 1.29 is 0 Å². The number of nitrogens with zero attached hydrogens (tertiary/aromatic N) is 4. The third-order valence-corrected chi connectivity index (χ3v) is 5.97. The van der Waals surface area contributed by atoms with Gasteiger partial charge in [-0.05, 0) is 36.7 Å². The lowest BCUT2D eigenvalue weighted by atomic mass is 9.96. The van der Waals surface area contributed by atoms with Gasteiger partial charge in [-0.15, -0.1) is 24.0 Å². The van der Waals surface area contributed by atoms with E-state index in [0.717, 1.165) is 50.0 Å². The fourth-order valence-corrected chi connectivity index (χ4v) is 3.97. The predicted molar refractivity (Wildman–Crippen MR) is 128 cm³/mol. The SMILES string of the molecule is CN=C(NCC1(Cc2ccccc2)CC1)NC1CCc2nc(C(C)C)nn2C1.I. The molecule has 1 aromatic heterocycles. The molecule has 158 valence electrons. The fraction of sp³-hybridized carbons (Fsp3) is 0.591. The summed E-state index contributed by atoms with van der Waals surface area (Å²) < 4.78 is 2.07. The minimum absolute atomic E-state index is 0. The molecular formula is C22H33IN6. The first-order valence-corrected chi connectivity index (χ1v) is 10.5. The summed E-state index contributed by atoms with van der Waals surface area (Å²) in [7, 11) is 1.85. The van der Waals surface area contributed by atoms with Crippen LogP contribution in [0.25, 0.3) is 0 Å². The average Bonchev–Trinajstić information content (AvgIpc) is 3.32. The second-order valence-corrected chi connectivity index (χ2v) is 8.69. The second-order valence-electron chi connectivity index (χ2n) is 8.69. The van der Waals surface area contributed by atoms with Crippen LogP contribution in [0.2, 0.25) is 0 Å². The van der Waals surface area contributed by atoms with Crippen LogP contribution >= 0.6 is 24.0 Å². The van der Waals surface area contributed by atoms with Crippen LogP contribution < -0.4 is 10.6 Å². The minimum Gasteiger partial charge on any atom is -0.356 e. The summed E-state index contributed by atoms with van der Waals surface area (Å²) in [5.74, 6) is 3.34. The molecule has 1 unspecified atom stereocenters. The Labute approximate surface area is 191 Å². The van der Waals surface area contributed by atoms with Crippen LogP contribution in [0.3, 0.4) is 0 Å². The Hall–Kier alpha value is -1.64. The Morgan fingerprint density at radius 1 is 1.28 bits per heavy atom. The lowest BCUT2D eigenvalue weighted by Crippen LogP contribution is -2.48. The standard InChI is InChI=1S/C22H32N6.HI/c1-16(2)20-26-19-10-9-18(14-28(19)27-20)25-21(23-3)24-15-22(11-12-22)13-17-7-5-4-6-8-17;/h4-8,16,18H,9-15H2,1-3H3,(H2,23,24,25);1H. The van der Waals surface area contributed by atoms with Gasteiger partial charge in [-0.25, -0.2) is 9.67 Å². The molecular weight excluding hydrogens is 475 g/mol. The van der Waals surface area contributed by atoms with Gasteiger partial charge in [0.15, 0.2) is 11.8 Å². The van der Waals surface area contributed by atoms with Gasteiger partial charge < -0.3 is 10.6 Å². The van der Waals surface area contributed by atoms with E-state index in [1.165, 1.54) is 18.4 Å². The molecule has 0 amide bonds. The molecule has 2 aromatic rings. The largest absolute Gasteiger partial charge is 0.356 e. The van der Waals surface area contributed by atoms with Crippen molar-refractivity contribution in [1.29, 1.82) is 0 Å². The van der Waals surface area contributed by atoms with Crippen LogP contribution in [-0.4, -0.2) is 40.4 Å². The number of hydrogen-bond donors (Lipinski definition) is 2. The van der Waals surface area contributed by atoms with Crippen molar-refractivity contribution in [1.82, 2.24) is 25.4 Å². The summed E-state index contributed by atoms with van der Waals surface area (Å²) in [6, 6.07) is 11.1. The van der Waals surface area contributed by atoms with Gasteiger partial charge in [-0.1, -0.05) is 44.2 Å². The van der Waals surface area contributed by atoms with Gasteiger partial charge >= 0.3 is 0 Å². The highest BCUT2D eigenvalue weighted by Crippen LogP contribution is 2.47. The first-order valence-electron chi connectivity index (χ1n) is 10.5. The summed E-state index contributed by atoms with van der Waals surface area (Å²) in [4.78, 5) is 9.14. The quantitative estimate of drug-likeness (QED) is 0.356. The minimum atomic E-state index is 0. The van der Waals surface area contributed by atoms with E-state index in [4.69, 9.17) is 0 Å². The van der Waals surface area contributed by atoms with Crippen LogP contribution in [0.15, 0.2) is 35.3 Å². The molecule has 1 aliphatic carbocycles. The molecule has 4 rings (SSSR count). The average molecular weight is 508 g/mol. The summed E-state index contributed by atoms with van der Waals surface area (Å²) in [6.07, 6.45) is 5.74. The van der Waals surface area contributed by atoms with Crippen LogP contribution in [0.1, 0.15) is 56.2 Å². The number of aliphatic imine (C=N–C) groups is 1. The first-order chi connectivity index (χ1) is 13.6. The van der Waals surface area contributed by atoms with E-state index in [2.05, 4.69) is 74.6 Å². The van der Waals surface area contributed by atoms with Crippen molar-refractivity contribution in [2.24, 2.45) is 10.4 Å². The molecule has 0 radical (unpaired) electrons. The molecule has 6 nitrogen and oxygen atoms in total. The Morgan fingerprint density at radius 2 is 2.03 bits per heavy atom. The maximum atomic E-state index is 4.68. The van der Waals surface area contributed by atoms with Gasteiger partial charge in [-0.3, -0.25) is 4.99 Å². The van der Waals surface area contributed by atoms with Gasteiger partial charge in [-0.2, -0.15) is 5.10 Å². The van der Waals surface area contributed by atoms with Crippen molar-refractivity contribution in [3.8, 4) is 0 Å². The Bertz CT molecular complexity index is 825. The number of hydrogen-bond acceptors (Lipinski definition) is 3. The van der Waals surface area contributed by atoms with Crippen molar-refractivity contribution in [2.75, 3.05) is 13.6 Å². The molecule has 1 fully saturated rings. The van der Waals surface area contributed by atoms with Crippen molar-refractivity contribution in [3.05, 3.63) is 47.5 Å². The lowest BCUT2D eigenvalue weighted by Gasteiger charge is -2.26. The van der Waals surface area contributed by atoms with Gasteiger partial charge in [0, 0.05) is 32.0 Å². The molecule has 2 N–H and O–H groups in total. The zero-order valence-corrected chi connectivity index (χ0v) is 20.0. The highest BCUT2D eigenvalue weighted by Gasteiger charge is 2.42. The molecule has 1 aliphatic heterocycles. The second kappa shape index (κ2) is 9.45. The Kier molecular flexibility index (Phi) is 7.19. The molecule has 0 spiro atoms. The summed E-state index contributed by atoms with van der Waals surface area (Å²) in [5.41, 5.74) is 1.81. The summed E-state index contributed by atoms with van der Waals surface area (Å²) >= 11 is 0. The molecule has 1 aromatic carbocycles. The fourth-order valence-electron chi connectivity index (χ4n) is 3.97. The summed E-state index contributed by atoms with van der Waals surface area (Å²) in [5, 5.41) is 11.9. The third kappa shape index (κ3) is 5.49. The van der Waals surface area contributed by atoms with E-state index in [1.807, 2.05) is 7.05 Å². The normalized spacial score (nSPS) is 20.0. The summed E-state index contributed by atoms with van der Waals surface area (Å²) in [6.45, 7) is 6.11. The topological polar surface area (TPSA) is 67.1 Å². The van der Waals surface area contributed by atoms with Gasteiger partial charge in [0.25, 0.3) is 0 Å². The highest BCUT2D eigenvalue weighted by atomic mass is 127. The molecule has 1 saturated carbocycles. The third-order valence-electron chi connectivity index (χ3n) is 5.97. The predicted octanol–water partition coefficient (Wildman–Crippen LogP) is 3.52.